The van der Waals surface area contributed by atoms with E-state index >= 15 is 0 Å². The number of rotatable bonds is 5. The lowest BCUT2D eigenvalue weighted by atomic mass is 10.1. The molecule has 3 heteroatoms. The summed E-state index contributed by atoms with van der Waals surface area (Å²) < 4.78 is 2.05. The van der Waals surface area contributed by atoms with Crippen molar-refractivity contribution in [1.82, 2.24) is 9.78 Å². The van der Waals surface area contributed by atoms with Crippen LogP contribution in [0.15, 0.2) is 6.20 Å². The molecule has 0 atom stereocenters. The molecule has 0 unspecified atom stereocenters. The molecule has 1 aromatic rings. The summed E-state index contributed by atoms with van der Waals surface area (Å²) in [6, 6.07) is 0. The molecule has 0 saturated heterocycles. The second kappa shape index (κ2) is 5.15. The summed E-state index contributed by atoms with van der Waals surface area (Å²) in [6.07, 6.45) is 4.26. The van der Waals surface area contributed by atoms with Gasteiger partial charge in [-0.15, -0.1) is 0 Å². The van der Waals surface area contributed by atoms with Crippen molar-refractivity contribution in [3.8, 4) is 0 Å². The third-order valence-corrected chi connectivity index (χ3v) is 2.25. The number of hydrogen-bond donors (Lipinski definition) is 1. The number of nitrogens with zero attached hydrogens (tertiary/aromatic N) is 2. The first-order valence-electron chi connectivity index (χ1n) is 5.36. The topological polar surface area (TPSA) is 43.8 Å². The van der Waals surface area contributed by atoms with Crippen molar-refractivity contribution in [1.29, 1.82) is 0 Å². The monoisotopic (exact) mass is 195 g/mol. The molecule has 14 heavy (non-hydrogen) atoms. The number of aromatic nitrogens is 2. The summed E-state index contributed by atoms with van der Waals surface area (Å²) in [5, 5.41) is 4.48. The van der Waals surface area contributed by atoms with Gasteiger partial charge in [-0.2, -0.15) is 5.10 Å². The lowest BCUT2D eigenvalue weighted by Crippen LogP contribution is -2.04. The summed E-state index contributed by atoms with van der Waals surface area (Å²) >= 11 is 0. The Morgan fingerprint density at radius 1 is 1.50 bits per heavy atom. The molecule has 0 spiro atoms. The fourth-order valence-corrected chi connectivity index (χ4v) is 1.56. The van der Waals surface area contributed by atoms with Crippen LogP contribution in [0.2, 0.25) is 0 Å². The molecule has 0 fully saturated rings. The van der Waals surface area contributed by atoms with Crippen LogP contribution in [0, 0.1) is 12.8 Å². The summed E-state index contributed by atoms with van der Waals surface area (Å²) in [6.45, 7) is 8.24. The van der Waals surface area contributed by atoms with Crippen LogP contribution in [0.5, 0.6) is 0 Å². The number of aryl methyl sites for hydroxylation is 2. The molecule has 80 valence electrons. The zero-order valence-electron chi connectivity index (χ0n) is 9.45. The van der Waals surface area contributed by atoms with Crippen molar-refractivity contribution < 1.29 is 0 Å². The van der Waals surface area contributed by atoms with Gasteiger partial charge in [-0.25, -0.2) is 0 Å². The van der Waals surface area contributed by atoms with E-state index in [-0.39, 0.29) is 0 Å². The van der Waals surface area contributed by atoms with Gasteiger partial charge in [0.25, 0.3) is 0 Å². The Bertz CT molecular complexity index is 276. The minimum Gasteiger partial charge on any atom is -0.330 e. The summed E-state index contributed by atoms with van der Waals surface area (Å²) in [7, 11) is 0. The second-order valence-corrected chi connectivity index (χ2v) is 4.25. The van der Waals surface area contributed by atoms with Gasteiger partial charge in [-0.3, -0.25) is 4.68 Å². The van der Waals surface area contributed by atoms with Gasteiger partial charge in [-0.05, 0) is 37.8 Å². The van der Waals surface area contributed by atoms with Crippen LogP contribution in [-0.2, 0) is 13.0 Å². The van der Waals surface area contributed by atoms with E-state index in [9.17, 15) is 0 Å². The van der Waals surface area contributed by atoms with Crippen LogP contribution < -0.4 is 5.73 Å². The maximum absolute atomic E-state index is 5.49. The van der Waals surface area contributed by atoms with E-state index in [0.29, 0.717) is 5.92 Å². The fraction of sp³-hybridized carbons (Fsp3) is 0.727. The molecule has 0 amide bonds. The molecular formula is C11H21N3. The second-order valence-electron chi connectivity index (χ2n) is 4.25. The van der Waals surface area contributed by atoms with Gasteiger partial charge in [-0.1, -0.05) is 13.8 Å². The van der Waals surface area contributed by atoms with Crippen molar-refractivity contribution >= 4 is 0 Å². The smallest absolute Gasteiger partial charge is 0.0625 e. The minimum absolute atomic E-state index is 0.650. The third-order valence-electron chi connectivity index (χ3n) is 2.25. The van der Waals surface area contributed by atoms with Gasteiger partial charge in [0.2, 0.25) is 0 Å². The highest BCUT2D eigenvalue weighted by Gasteiger charge is 2.05. The molecule has 0 aliphatic heterocycles. The highest BCUT2D eigenvalue weighted by Crippen LogP contribution is 2.09. The largest absolute Gasteiger partial charge is 0.330 e. The Labute approximate surface area is 86.3 Å². The summed E-state index contributed by atoms with van der Waals surface area (Å²) in [4.78, 5) is 0. The number of hydrogen-bond acceptors (Lipinski definition) is 2. The Kier molecular flexibility index (Phi) is 4.14. The van der Waals surface area contributed by atoms with Gasteiger partial charge >= 0.3 is 0 Å². The van der Waals surface area contributed by atoms with E-state index in [4.69, 9.17) is 5.73 Å². The van der Waals surface area contributed by atoms with Crippen LogP contribution in [0.4, 0.5) is 0 Å². The fourth-order valence-electron chi connectivity index (χ4n) is 1.56. The Morgan fingerprint density at radius 2 is 2.21 bits per heavy atom. The maximum Gasteiger partial charge on any atom is 0.0625 e. The van der Waals surface area contributed by atoms with Crippen molar-refractivity contribution in [2.45, 2.75) is 40.2 Å². The Hall–Kier alpha value is -0.830. The zero-order valence-corrected chi connectivity index (χ0v) is 9.45. The highest BCUT2D eigenvalue weighted by molar-refractivity contribution is 5.15. The van der Waals surface area contributed by atoms with Crippen LogP contribution in [0.1, 0.15) is 31.5 Å². The predicted octanol–water partition coefficient (Wildman–Crippen LogP) is 1.74. The highest BCUT2D eigenvalue weighted by atomic mass is 15.3. The van der Waals surface area contributed by atoms with E-state index in [0.717, 1.165) is 31.6 Å². The summed E-state index contributed by atoms with van der Waals surface area (Å²) in [5.74, 6) is 0.650. The van der Waals surface area contributed by atoms with Crippen LogP contribution in [-0.4, -0.2) is 16.3 Å². The predicted molar refractivity (Wildman–Crippen MR) is 59.2 cm³/mol. The van der Waals surface area contributed by atoms with Crippen molar-refractivity contribution in [3.05, 3.63) is 17.5 Å². The molecule has 3 nitrogen and oxygen atoms in total. The van der Waals surface area contributed by atoms with E-state index in [1.54, 1.807) is 0 Å². The summed E-state index contributed by atoms with van der Waals surface area (Å²) in [5.41, 5.74) is 7.98. The zero-order chi connectivity index (χ0) is 10.6. The van der Waals surface area contributed by atoms with Gasteiger partial charge < -0.3 is 5.73 Å². The standard InChI is InChI=1S/C11H21N3/c1-9(2)7-14-8-11(5-4-6-12)10(3)13-14/h8-9H,4-7,12H2,1-3H3. The van der Waals surface area contributed by atoms with Gasteiger partial charge in [0.05, 0.1) is 5.69 Å². The van der Waals surface area contributed by atoms with Gasteiger partial charge in [0.1, 0.15) is 0 Å². The van der Waals surface area contributed by atoms with Crippen molar-refractivity contribution in [2.75, 3.05) is 6.54 Å². The lowest BCUT2D eigenvalue weighted by molar-refractivity contribution is 0.481. The Balaban J connectivity index is 2.62. The maximum atomic E-state index is 5.49. The number of nitrogens with two attached hydrogens (primary N) is 1. The Morgan fingerprint density at radius 3 is 2.79 bits per heavy atom. The van der Waals surface area contributed by atoms with E-state index in [1.165, 1.54) is 5.56 Å². The average molecular weight is 195 g/mol. The van der Waals surface area contributed by atoms with Gasteiger partial charge in [0, 0.05) is 12.7 Å². The average Bonchev–Trinajstić information content (AvgIpc) is 2.41. The third kappa shape index (κ3) is 3.14. The molecule has 0 aromatic carbocycles. The SMILES string of the molecule is Cc1nn(CC(C)C)cc1CCCN. The normalized spacial score (nSPS) is 11.2. The molecular weight excluding hydrogens is 174 g/mol. The molecule has 0 radical (unpaired) electrons. The van der Waals surface area contributed by atoms with Crippen LogP contribution in [0.25, 0.3) is 0 Å². The van der Waals surface area contributed by atoms with E-state index < -0.39 is 0 Å². The van der Waals surface area contributed by atoms with Crippen LogP contribution in [0.3, 0.4) is 0 Å². The van der Waals surface area contributed by atoms with Crippen LogP contribution >= 0.6 is 0 Å². The first-order valence-corrected chi connectivity index (χ1v) is 5.36. The molecule has 0 bridgehead atoms. The molecule has 1 heterocycles. The first kappa shape index (κ1) is 11.2. The van der Waals surface area contributed by atoms with Crippen molar-refractivity contribution in [2.24, 2.45) is 11.7 Å². The lowest BCUT2D eigenvalue weighted by Gasteiger charge is -2.03. The molecule has 0 saturated carbocycles. The van der Waals surface area contributed by atoms with E-state index in [2.05, 4.69) is 32.1 Å². The first-order chi connectivity index (χ1) is 6.63. The van der Waals surface area contributed by atoms with E-state index in [1.807, 2.05) is 4.68 Å². The molecule has 2 N–H and O–H groups in total. The quantitative estimate of drug-likeness (QED) is 0.777. The molecule has 0 aliphatic carbocycles. The molecule has 1 rings (SSSR count). The minimum atomic E-state index is 0.650. The molecule has 1 aromatic heterocycles. The van der Waals surface area contributed by atoms with Crippen molar-refractivity contribution in [3.63, 3.8) is 0 Å². The van der Waals surface area contributed by atoms with Gasteiger partial charge in [0.15, 0.2) is 0 Å². The molecule has 0 aliphatic rings.